The molecule has 2 aromatic rings. The third-order valence-electron chi connectivity index (χ3n) is 3.23. The molecule has 78 valence electrons. The van der Waals surface area contributed by atoms with Gasteiger partial charge in [-0.15, -0.1) is 0 Å². The van der Waals surface area contributed by atoms with Crippen LogP contribution in [-0.4, -0.2) is 6.67 Å². The lowest BCUT2D eigenvalue weighted by molar-refractivity contribution is 0.900. The Bertz CT molecular complexity index is 616. The third kappa shape index (κ3) is 0.877. The minimum absolute atomic E-state index is 0.855. The summed E-state index contributed by atoms with van der Waals surface area (Å²) in [6, 6.07) is 12.8. The van der Waals surface area contributed by atoms with Gasteiger partial charge in [0.05, 0.1) is 18.0 Å². The molecule has 2 aliphatic rings. The van der Waals surface area contributed by atoms with E-state index < -0.39 is 0 Å². The largest absolute Gasteiger partial charge is 0.370 e. The van der Waals surface area contributed by atoms with E-state index in [0.29, 0.717) is 0 Å². The molecular formula is C13H11N3. The molecule has 2 N–H and O–H groups in total. The average molecular weight is 209 g/mol. The molecule has 0 aliphatic carbocycles. The second-order valence-electron chi connectivity index (χ2n) is 4.13. The molecule has 0 radical (unpaired) electrons. The van der Waals surface area contributed by atoms with Gasteiger partial charge >= 0.3 is 0 Å². The van der Waals surface area contributed by atoms with Crippen molar-refractivity contribution in [1.29, 1.82) is 0 Å². The first kappa shape index (κ1) is 8.05. The first-order valence-electron chi connectivity index (χ1n) is 5.43. The molecule has 0 spiro atoms. The summed E-state index contributed by atoms with van der Waals surface area (Å²) in [5.74, 6) is 1.14. The second-order valence-corrected chi connectivity index (χ2v) is 4.13. The van der Waals surface area contributed by atoms with Crippen LogP contribution in [0.4, 0.5) is 11.4 Å². The van der Waals surface area contributed by atoms with Crippen LogP contribution in [0, 0.1) is 0 Å². The van der Waals surface area contributed by atoms with Crippen LogP contribution in [-0.2, 0) is 0 Å². The van der Waals surface area contributed by atoms with E-state index in [9.17, 15) is 0 Å². The number of anilines is 2. The molecule has 0 amide bonds. The van der Waals surface area contributed by atoms with E-state index >= 15 is 0 Å². The smallest absolute Gasteiger partial charge is 0.128 e. The Kier molecular flexibility index (Phi) is 1.36. The summed E-state index contributed by atoms with van der Waals surface area (Å²) in [6.07, 6.45) is 2.02. The van der Waals surface area contributed by atoms with Gasteiger partial charge in [0.15, 0.2) is 0 Å². The highest BCUT2D eigenvalue weighted by atomic mass is 15.4. The summed E-state index contributed by atoms with van der Waals surface area (Å²) in [5.41, 5.74) is 2.49. The SMILES string of the molecule is C1=C2Nc3c(ccc4ccccc34)N2CN1. The molecule has 0 bridgehead atoms. The predicted octanol–water partition coefficient (Wildman–Crippen LogP) is 2.43. The van der Waals surface area contributed by atoms with E-state index in [1.54, 1.807) is 0 Å². The molecule has 0 aromatic heterocycles. The van der Waals surface area contributed by atoms with Gasteiger partial charge in [-0.05, 0) is 11.5 Å². The molecule has 0 saturated carbocycles. The van der Waals surface area contributed by atoms with Gasteiger partial charge in [0.2, 0.25) is 0 Å². The Morgan fingerprint density at radius 3 is 3.00 bits per heavy atom. The Morgan fingerprint density at radius 2 is 2.00 bits per heavy atom. The van der Waals surface area contributed by atoms with Gasteiger partial charge in [0, 0.05) is 11.6 Å². The number of hydrogen-bond acceptors (Lipinski definition) is 3. The first-order valence-corrected chi connectivity index (χ1v) is 5.43. The van der Waals surface area contributed by atoms with Crippen LogP contribution < -0.4 is 15.5 Å². The zero-order valence-corrected chi connectivity index (χ0v) is 8.70. The lowest BCUT2D eigenvalue weighted by Gasteiger charge is -2.12. The van der Waals surface area contributed by atoms with Crippen LogP contribution in [0.1, 0.15) is 0 Å². The topological polar surface area (TPSA) is 27.3 Å². The fourth-order valence-corrected chi connectivity index (χ4v) is 2.46. The van der Waals surface area contributed by atoms with Gasteiger partial charge in [0.1, 0.15) is 5.82 Å². The molecule has 2 aliphatic heterocycles. The lowest BCUT2D eigenvalue weighted by Crippen LogP contribution is -2.20. The summed E-state index contributed by atoms with van der Waals surface area (Å²) >= 11 is 0. The van der Waals surface area contributed by atoms with Crippen LogP contribution >= 0.6 is 0 Å². The third-order valence-corrected chi connectivity index (χ3v) is 3.23. The predicted molar refractivity (Wildman–Crippen MR) is 66.1 cm³/mol. The van der Waals surface area contributed by atoms with Gasteiger partial charge in [-0.2, -0.15) is 0 Å². The molecule has 16 heavy (non-hydrogen) atoms. The Balaban J connectivity index is 2.05. The van der Waals surface area contributed by atoms with Crippen molar-refractivity contribution >= 4 is 22.1 Å². The van der Waals surface area contributed by atoms with E-state index in [-0.39, 0.29) is 0 Å². The average Bonchev–Trinajstić information content (AvgIpc) is 2.88. The van der Waals surface area contributed by atoms with Crippen molar-refractivity contribution in [3.63, 3.8) is 0 Å². The van der Waals surface area contributed by atoms with Crippen LogP contribution in [0.2, 0.25) is 0 Å². The van der Waals surface area contributed by atoms with Crippen molar-refractivity contribution in [2.24, 2.45) is 0 Å². The summed E-state index contributed by atoms with van der Waals surface area (Å²) < 4.78 is 0. The summed E-state index contributed by atoms with van der Waals surface area (Å²) in [4.78, 5) is 2.25. The van der Waals surface area contributed by atoms with Crippen LogP contribution in [0.3, 0.4) is 0 Å². The van der Waals surface area contributed by atoms with Crippen molar-refractivity contribution in [2.75, 3.05) is 16.9 Å². The Hall–Kier alpha value is -2.16. The van der Waals surface area contributed by atoms with Gasteiger partial charge in [-0.3, -0.25) is 0 Å². The standard InChI is InChI=1S/C13H11N3/c1-2-4-10-9(3-1)5-6-11-13(10)15-12-7-14-8-16(11)12/h1-7,14-15H,8H2. The number of nitrogens with zero attached hydrogens (tertiary/aromatic N) is 1. The van der Waals surface area contributed by atoms with E-state index in [4.69, 9.17) is 0 Å². The number of fused-ring (bicyclic) bond motifs is 5. The maximum Gasteiger partial charge on any atom is 0.128 e. The summed E-state index contributed by atoms with van der Waals surface area (Å²) in [6.45, 7) is 0.855. The molecule has 0 atom stereocenters. The molecule has 0 unspecified atom stereocenters. The fraction of sp³-hybridized carbons (Fsp3) is 0.0769. The maximum absolute atomic E-state index is 3.46. The van der Waals surface area contributed by atoms with Crippen LogP contribution in [0.5, 0.6) is 0 Å². The van der Waals surface area contributed by atoms with Crippen LogP contribution in [0.15, 0.2) is 48.4 Å². The first-order chi connectivity index (χ1) is 7.93. The van der Waals surface area contributed by atoms with Crippen molar-refractivity contribution in [2.45, 2.75) is 0 Å². The van der Waals surface area contributed by atoms with E-state index in [1.807, 2.05) is 6.20 Å². The monoisotopic (exact) mass is 209 g/mol. The molecule has 2 heterocycles. The minimum atomic E-state index is 0.855. The van der Waals surface area contributed by atoms with Gasteiger partial charge in [-0.25, -0.2) is 0 Å². The zero-order valence-electron chi connectivity index (χ0n) is 8.70. The Labute approximate surface area is 93.4 Å². The number of nitrogens with one attached hydrogen (secondary N) is 2. The minimum Gasteiger partial charge on any atom is -0.370 e. The van der Waals surface area contributed by atoms with Gasteiger partial charge in [-0.1, -0.05) is 30.3 Å². The lowest BCUT2D eigenvalue weighted by atomic mass is 10.1. The van der Waals surface area contributed by atoms with Crippen LogP contribution in [0.25, 0.3) is 10.8 Å². The highest BCUT2D eigenvalue weighted by Gasteiger charge is 2.27. The van der Waals surface area contributed by atoms with Crippen molar-refractivity contribution in [3.05, 3.63) is 48.4 Å². The van der Waals surface area contributed by atoms with Gasteiger partial charge in [0.25, 0.3) is 0 Å². The van der Waals surface area contributed by atoms with E-state index in [1.165, 1.54) is 22.1 Å². The van der Waals surface area contributed by atoms with E-state index in [0.717, 1.165) is 12.5 Å². The molecule has 3 nitrogen and oxygen atoms in total. The highest BCUT2D eigenvalue weighted by molar-refractivity contribution is 6.04. The number of rotatable bonds is 0. The number of benzene rings is 2. The zero-order chi connectivity index (χ0) is 10.5. The quantitative estimate of drug-likeness (QED) is 0.697. The van der Waals surface area contributed by atoms with Gasteiger partial charge < -0.3 is 15.5 Å². The van der Waals surface area contributed by atoms with E-state index in [2.05, 4.69) is 51.9 Å². The normalized spacial score (nSPS) is 16.5. The maximum atomic E-state index is 3.46. The Morgan fingerprint density at radius 1 is 1.06 bits per heavy atom. The van der Waals surface area contributed by atoms with Crippen molar-refractivity contribution in [1.82, 2.24) is 5.32 Å². The van der Waals surface area contributed by atoms with Crippen molar-refractivity contribution in [3.8, 4) is 0 Å². The molecule has 2 aromatic carbocycles. The molecule has 3 heteroatoms. The molecular weight excluding hydrogens is 198 g/mol. The second kappa shape index (κ2) is 2.70. The molecule has 0 saturated heterocycles. The molecule has 0 fully saturated rings. The fourth-order valence-electron chi connectivity index (χ4n) is 2.46. The summed E-state index contributed by atoms with van der Waals surface area (Å²) in [5, 5.41) is 9.25. The van der Waals surface area contributed by atoms with Crippen molar-refractivity contribution < 1.29 is 0 Å². The highest BCUT2D eigenvalue weighted by Crippen LogP contribution is 2.41. The molecule has 4 rings (SSSR count). The summed E-state index contributed by atoms with van der Waals surface area (Å²) in [7, 11) is 0. The number of hydrogen-bond donors (Lipinski definition) is 2.